The van der Waals surface area contributed by atoms with Crippen molar-refractivity contribution in [1.29, 1.82) is 0 Å². The zero-order valence-corrected chi connectivity index (χ0v) is 13.9. The monoisotopic (exact) mass is 323 g/mol. The van der Waals surface area contributed by atoms with E-state index >= 15 is 0 Å². The molecule has 0 radical (unpaired) electrons. The molecule has 0 aliphatic carbocycles. The van der Waals surface area contributed by atoms with E-state index in [9.17, 15) is 0 Å². The minimum atomic E-state index is 0.418. The number of hydrogen-bond donors (Lipinski definition) is 2. The normalized spacial score (nSPS) is 17.4. The molecular weight excluding hydrogens is 302 g/mol. The van der Waals surface area contributed by atoms with Gasteiger partial charge in [0.1, 0.15) is 23.6 Å². The van der Waals surface area contributed by atoms with Gasteiger partial charge in [-0.1, -0.05) is 0 Å². The summed E-state index contributed by atoms with van der Waals surface area (Å²) in [5.41, 5.74) is 1.91. The van der Waals surface area contributed by atoms with Crippen LogP contribution in [-0.2, 0) is 0 Å². The van der Waals surface area contributed by atoms with Crippen molar-refractivity contribution in [3.63, 3.8) is 0 Å². The van der Waals surface area contributed by atoms with Crippen molar-refractivity contribution in [2.24, 2.45) is 0 Å². The quantitative estimate of drug-likeness (QED) is 0.766. The Balaban J connectivity index is 1.52. The van der Waals surface area contributed by atoms with E-state index in [2.05, 4.69) is 54.2 Å². The number of anilines is 3. The highest BCUT2D eigenvalue weighted by Crippen LogP contribution is 2.28. The number of aromatic amines is 1. The van der Waals surface area contributed by atoms with Crippen LogP contribution in [-0.4, -0.2) is 53.2 Å². The van der Waals surface area contributed by atoms with E-state index in [1.165, 1.54) is 0 Å². The van der Waals surface area contributed by atoms with Gasteiger partial charge < -0.3 is 20.1 Å². The molecule has 3 aromatic rings. The molecule has 1 fully saturated rings. The molecule has 0 saturated carbocycles. The molecule has 4 heterocycles. The molecule has 1 saturated heterocycles. The second kappa shape index (κ2) is 5.99. The molecule has 7 nitrogen and oxygen atoms in total. The summed E-state index contributed by atoms with van der Waals surface area (Å²) < 4.78 is 0. The summed E-state index contributed by atoms with van der Waals surface area (Å²) in [5.74, 6) is 2.01. The van der Waals surface area contributed by atoms with Crippen LogP contribution in [0.15, 0.2) is 36.9 Å². The molecule has 3 aromatic heterocycles. The molecule has 1 atom stereocenters. The van der Waals surface area contributed by atoms with Crippen LogP contribution in [0.1, 0.15) is 6.42 Å². The second-order valence-corrected chi connectivity index (χ2v) is 6.09. The van der Waals surface area contributed by atoms with Crippen LogP contribution < -0.4 is 15.1 Å². The van der Waals surface area contributed by atoms with Crippen molar-refractivity contribution < 1.29 is 0 Å². The molecule has 1 aliphatic rings. The number of hydrogen-bond acceptors (Lipinski definition) is 6. The fourth-order valence-electron chi connectivity index (χ4n) is 3.29. The molecule has 24 heavy (non-hydrogen) atoms. The van der Waals surface area contributed by atoms with E-state index in [4.69, 9.17) is 0 Å². The van der Waals surface area contributed by atoms with Crippen LogP contribution in [0.5, 0.6) is 0 Å². The van der Waals surface area contributed by atoms with Gasteiger partial charge in [-0.05, 0) is 24.6 Å². The minimum Gasteiger partial charge on any atom is -0.387 e. The molecule has 0 amide bonds. The molecule has 124 valence electrons. The van der Waals surface area contributed by atoms with Crippen molar-refractivity contribution in [3.05, 3.63) is 36.9 Å². The first kappa shape index (κ1) is 14.7. The summed E-state index contributed by atoms with van der Waals surface area (Å²) >= 11 is 0. The number of pyridine rings is 1. The van der Waals surface area contributed by atoms with Crippen molar-refractivity contribution in [2.75, 3.05) is 42.3 Å². The Morgan fingerprint density at radius 1 is 1.25 bits per heavy atom. The minimum absolute atomic E-state index is 0.418. The maximum absolute atomic E-state index is 4.55. The van der Waals surface area contributed by atoms with Crippen LogP contribution in [0.25, 0.3) is 11.0 Å². The fraction of sp³-hybridized carbons (Fsp3) is 0.353. The number of H-pyrrole nitrogens is 1. The van der Waals surface area contributed by atoms with Gasteiger partial charge in [0, 0.05) is 39.4 Å². The summed E-state index contributed by atoms with van der Waals surface area (Å²) in [6.07, 6.45) is 6.49. The number of fused-ring (bicyclic) bond motifs is 1. The highest BCUT2D eigenvalue weighted by Gasteiger charge is 2.28. The zero-order chi connectivity index (χ0) is 16.5. The third-order valence-electron chi connectivity index (χ3n) is 4.74. The van der Waals surface area contributed by atoms with Gasteiger partial charge in [-0.25, -0.2) is 15.0 Å². The fourth-order valence-corrected chi connectivity index (χ4v) is 3.29. The molecule has 0 bridgehead atoms. The zero-order valence-electron chi connectivity index (χ0n) is 13.9. The van der Waals surface area contributed by atoms with Gasteiger partial charge in [-0.15, -0.1) is 0 Å². The molecule has 4 rings (SSSR count). The summed E-state index contributed by atoms with van der Waals surface area (Å²) in [5, 5.41) is 4.18. The van der Waals surface area contributed by atoms with Crippen LogP contribution in [0.3, 0.4) is 0 Å². The highest BCUT2D eigenvalue weighted by molar-refractivity contribution is 5.87. The third-order valence-corrected chi connectivity index (χ3v) is 4.74. The van der Waals surface area contributed by atoms with Crippen LogP contribution in [0, 0.1) is 0 Å². The first-order valence-electron chi connectivity index (χ1n) is 8.16. The number of likely N-dealkylation sites (N-methyl/N-ethyl adjacent to an activating group) is 1. The van der Waals surface area contributed by atoms with Gasteiger partial charge in [0.2, 0.25) is 0 Å². The first-order valence-corrected chi connectivity index (χ1v) is 8.16. The molecular formula is C17H21N7. The van der Waals surface area contributed by atoms with Crippen molar-refractivity contribution in [1.82, 2.24) is 19.9 Å². The van der Waals surface area contributed by atoms with E-state index in [1.54, 1.807) is 6.33 Å². The van der Waals surface area contributed by atoms with Crippen molar-refractivity contribution >= 4 is 28.4 Å². The van der Waals surface area contributed by atoms with E-state index in [1.807, 2.05) is 25.5 Å². The molecule has 7 heteroatoms. The standard InChI is InChI=1S/C17H21N7/c1-18-12-3-4-15(20-9-12)23(2)13-6-8-24(10-13)17-14-5-7-19-16(14)21-11-22-17/h3-5,7,9,11,13,18H,6,8,10H2,1-2H3,(H,19,21,22)/t13-/m1/s1. The van der Waals surface area contributed by atoms with Gasteiger partial charge in [-0.2, -0.15) is 0 Å². The first-order chi connectivity index (χ1) is 11.8. The largest absolute Gasteiger partial charge is 0.387 e. The van der Waals surface area contributed by atoms with Crippen LogP contribution in [0.4, 0.5) is 17.3 Å². The number of nitrogens with one attached hydrogen (secondary N) is 2. The van der Waals surface area contributed by atoms with Gasteiger partial charge in [0.25, 0.3) is 0 Å². The lowest BCUT2D eigenvalue weighted by atomic mass is 10.2. The Morgan fingerprint density at radius 2 is 2.17 bits per heavy atom. The lowest BCUT2D eigenvalue weighted by Crippen LogP contribution is -2.35. The Hall–Kier alpha value is -2.83. The van der Waals surface area contributed by atoms with E-state index in [0.29, 0.717) is 6.04 Å². The SMILES string of the molecule is CNc1ccc(N(C)[C@@H]2CCN(c3ncnc4[nH]ccc34)C2)nc1. The van der Waals surface area contributed by atoms with E-state index in [-0.39, 0.29) is 0 Å². The second-order valence-electron chi connectivity index (χ2n) is 6.09. The van der Waals surface area contributed by atoms with Crippen molar-refractivity contribution in [3.8, 4) is 0 Å². The van der Waals surface area contributed by atoms with Crippen LogP contribution in [0.2, 0.25) is 0 Å². The predicted molar refractivity (Wildman–Crippen MR) is 96.7 cm³/mol. The molecule has 2 N–H and O–H groups in total. The Morgan fingerprint density at radius 3 is 2.96 bits per heavy atom. The molecule has 0 spiro atoms. The lowest BCUT2D eigenvalue weighted by molar-refractivity contribution is 0.684. The number of rotatable bonds is 4. The predicted octanol–water partition coefficient (Wildman–Crippen LogP) is 2.11. The average Bonchev–Trinajstić information content (AvgIpc) is 3.30. The maximum atomic E-state index is 4.55. The number of nitrogens with zero attached hydrogens (tertiary/aromatic N) is 5. The van der Waals surface area contributed by atoms with Gasteiger partial charge in [-0.3, -0.25) is 0 Å². The summed E-state index contributed by atoms with van der Waals surface area (Å²) in [6, 6.07) is 6.57. The molecule has 0 unspecified atom stereocenters. The van der Waals surface area contributed by atoms with Gasteiger partial charge >= 0.3 is 0 Å². The summed E-state index contributed by atoms with van der Waals surface area (Å²) in [4.78, 5) is 21.1. The third kappa shape index (κ3) is 2.51. The maximum Gasteiger partial charge on any atom is 0.142 e. The Labute approximate surface area is 140 Å². The van der Waals surface area contributed by atoms with E-state index < -0.39 is 0 Å². The summed E-state index contributed by atoms with van der Waals surface area (Å²) in [7, 11) is 4.01. The highest BCUT2D eigenvalue weighted by atomic mass is 15.3. The Bertz CT molecular complexity index is 826. The Kier molecular flexibility index (Phi) is 3.68. The van der Waals surface area contributed by atoms with Gasteiger partial charge in [0.05, 0.1) is 17.3 Å². The molecule has 0 aromatic carbocycles. The van der Waals surface area contributed by atoms with Crippen LogP contribution >= 0.6 is 0 Å². The van der Waals surface area contributed by atoms with E-state index in [0.717, 1.165) is 47.9 Å². The van der Waals surface area contributed by atoms with Crippen molar-refractivity contribution in [2.45, 2.75) is 12.5 Å². The average molecular weight is 323 g/mol. The lowest BCUT2D eigenvalue weighted by Gasteiger charge is -2.26. The smallest absolute Gasteiger partial charge is 0.142 e. The van der Waals surface area contributed by atoms with Gasteiger partial charge in [0.15, 0.2) is 0 Å². The topological polar surface area (TPSA) is 73.0 Å². The summed E-state index contributed by atoms with van der Waals surface area (Å²) in [6.45, 7) is 1.92. The molecule has 1 aliphatic heterocycles. The number of aromatic nitrogens is 4.